The van der Waals surface area contributed by atoms with Crippen molar-refractivity contribution in [1.29, 1.82) is 0 Å². The molecule has 2 aromatic carbocycles. The molecule has 0 bridgehead atoms. The monoisotopic (exact) mass is 502 g/mol. The molecule has 4 heterocycles. The maximum absolute atomic E-state index is 15.3. The number of aryl methyl sites for hydroxylation is 2. The smallest absolute Gasteiger partial charge is 0.306 e. The van der Waals surface area contributed by atoms with Crippen LogP contribution < -0.4 is 4.90 Å². The van der Waals surface area contributed by atoms with E-state index in [0.29, 0.717) is 42.7 Å². The van der Waals surface area contributed by atoms with Crippen LogP contribution >= 0.6 is 0 Å². The number of fused-ring (bicyclic) bond motifs is 2. The van der Waals surface area contributed by atoms with Crippen molar-refractivity contribution in [3.8, 4) is 16.9 Å². The highest BCUT2D eigenvalue weighted by atomic mass is 19.1. The number of hydrogen-bond donors (Lipinski definition) is 1. The molecule has 0 unspecified atom stereocenters. The van der Waals surface area contributed by atoms with E-state index >= 15 is 4.39 Å². The van der Waals surface area contributed by atoms with Gasteiger partial charge < -0.3 is 10.0 Å². The first-order chi connectivity index (χ1) is 17.8. The van der Waals surface area contributed by atoms with E-state index in [-0.39, 0.29) is 17.0 Å². The van der Waals surface area contributed by atoms with Crippen LogP contribution in [-0.4, -0.2) is 48.7 Å². The summed E-state index contributed by atoms with van der Waals surface area (Å²) < 4.78 is 32.9. The van der Waals surface area contributed by atoms with Crippen LogP contribution in [0.15, 0.2) is 48.8 Å². The predicted molar refractivity (Wildman–Crippen MR) is 136 cm³/mol. The Labute approximate surface area is 210 Å². The number of carboxylic acids is 1. The highest BCUT2D eigenvalue weighted by Crippen LogP contribution is 2.38. The lowest BCUT2D eigenvalue weighted by atomic mass is 9.97. The molecule has 37 heavy (non-hydrogen) atoms. The molecule has 6 rings (SSSR count). The first kappa shape index (κ1) is 23.1. The molecule has 3 aromatic heterocycles. The van der Waals surface area contributed by atoms with E-state index in [2.05, 4.69) is 15.0 Å². The number of rotatable bonds is 4. The molecule has 5 aromatic rings. The maximum Gasteiger partial charge on any atom is 0.306 e. The third kappa shape index (κ3) is 3.80. The van der Waals surface area contributed by atoms with Gasteiger partial charge in [0.05, 0.1) is 23.3 Å². The van der Waals surface area contributed by atoms with Crippen molar-refractivity contribution in [2.24, 2.45) is 13.0 Å². The van der Waals surface area contributed by atoms with E-state index < -0.39 is 17.6 Å². The lowest BCUT2D eigenvalue weighted by molar-refractivity contribution is -0.142. The van der Waals surface area contributed by atoms with Gasteiger partial charge in [-0.05, 0) is 37.5 Å². The third-order valence-corrected chi connectivity index (χ3v) is 7.10. The topological polar surface area (TPSA) is 89.1 Å². The van der Waals surface area contributed by atoms with Gasteiger partial charge >= 0.3 is 5.97 Å². The Hall–Kier alpha value is -4.34. The van der Waals surface area contributed by atoms with Gasteiger partial charge in [0.25, 0.3) is 0 Å². The van der Waals surface area contributed by atoms with Gasteiger partial charge in [0.15, 0.2) is 5.82 Å². The number of benzene rings is 2. The summed E-state index contributed by atoms with van der Waals surface area (Å²) >= 11 is 0. The lowest BCUT2D eigenvalue weighted by Gasteiger charge is -2.31. The minimum absolute atomic E-state index is 0.0898. The van der Waals surface area contributed by atoms with Gasteiger partial charge in [0.1, 0.15) is 22.8 Å². The minimum Gasteiger partial charge on any atom is -0.481 e. The van der Waals surface area contributed by atoms with E-state index in [1.54, 1.807) is 24.1 Å². The second kappa shape index (κ2) is 8.65. The van der Waals surface area contributed by atoms with Gasteiger partial charge in [-0.3, -0.25) is 9.48 Å². The third-order valence-electron chi connectivity index (χ3n) is 7.10. The van der Waals surface area contributed by atoms with Gasteiger partial charge in [-0.1, -0.05) is 18.2 Å². The van der Waals surface area contributed by atoms with Crippen LogP contribution in [0.4, 0.5) is 14.6 Å². The predicted octanol–water partition coefficient (Wildman–Crippen LogP) is 4.86. The molecule has 8 nitrogen and oxygen atoms in total. The lowest BCUT2D eigenvalue weighted by Crippen LogP contribution is -2.36. The van der Waals surface area contributed by atoms with Gasteiger partial charge in [0, 0.05) is 48.7 Å². The molecule has 1 aliphatic rings. The standard InChI is InChI=1S/C27H24F2N6O2/c1-15-4-3-5-18-25(23-19-14-33(2)31-24(19)21(29)12-20(23)28)32-35(26(15)18)17-6-7-22(30-13-17)34-10-8-16(9-11-34)27(36)37/h3-7,12-14,16H,8-11H2,1-2H3,(H,36,37). The zero-order chi connectivity index (χ0) is 25.8. The van der Waals surface area contributed by atoms with Crippen LogP contribution in [0.25, 0.3) is 38.8 Å². The molecular formula is C27H24F2N6O2. The molecule has 1 saturated heterocycles. The average molecular weight is 503 g/mol. The second-order valence-electron chi connectivity index (χ2n) is 9.49. The van der Waals surface area contributed by atoms with E-state index in [1.165, 1.54) is 4.68 Å². The number of para-hydroxylation sites is 1. The quantitative estimate of drug-likeness (QED) is 0.378. The van der Waals surface area contributed by atoms with Crippen LogP contribution in [0, 0.1) is 24.5 Å². The maximum atomic E-state index is 15.3. The van der Waals surface area contributed by atoms with Crippen molar-refractivity contribution >= 4 is 33.6 Å². The highest BCUT2D eigenvalue weighted by molar-refractivity contribution is 6.04. The summed E-state index contributed by atoms with van der Waals surface area (Å²) in [6.45, 7) is 3.21. The Kier molecular flexibility index (Phi) is 5.40. The first-order valence-electron chi connectivity index (χ1n) is 12.1. The summed E-state index contributed by atoms with van der Waals surface area (Å²) in [5.74, 6) is -1.72. The van der Waals surface area contributed by atoms with Crippen molar-refractivity contribution in [3.05, 3.63) is 66.0 Å². The van der Waals surface area contributed by atoms with E-state index in [4.69, 9.17) is 5.10 Å². The van der Waals surface area contributed by atoms with E-state index in [9.17, 15) is 14.3 Å². The Morgan fingerprint density at radius 1 is 1.05 bits per heavy atom. The molecule has 0 saturated carbocycles. The summed E-state index contributed by atoms with van der Waals surface area (Å²) in [5, 5.41) is 19.3. The van der Waals surface area contributed by atoms with Crippen LogP contribution in [0.1, 0.15) is 18.4 Å². The number of carboxylic acid groups (broad SMARTS) is 1. The molecule has 1 N–H and O–H groups in total. The largest absolute Gasteiger partial charge is 0.481 e. The van der Waals surface area contributed by atoms with E-state index in [1.807, 2.05) is 37.3 Å². The molecule has 10 heteroatoms. The van der Waals surface area contributed by atoms with Crippen LogP contribution in [-0.2, 0) is 11.8 Å². The Bertz CT molecular complexity index is 1670. The number of piperidine rings is 1. The van der Waals surface area contributed by atoms with Gasteiger partial charge in [-0.15, -0.1) is 0 Å². The zero-order valence-corrected chi connectivity index (χ0v) is 20.3. The van der Waals surface area contributed by atoms with Crippen LogP contribution in [0.2, 0.25) is 0 Å². The minimum atomic E-state index is -0.749. The van der Waals surface area contributed by atoms with Crippen molar-refractivity contribution in [1.82, 2.24) is 24.5 Å². The summed E-state index contributed by atoms with van der Waals surface area (Å²) in [5.41, 5.74) is 3.13. The number of hydrogen-bond acceptors (Lipinski definition) is 5. The van der Waals surface area contributed by atoms with Crippen molar-refractivity contribution < 1.29 is 18.7 Å². The van der Waals surface area contributed by atoms with Gasteiger partial charge in [0.2, 0.25) is 0 Å². The Balaban J connectivity index is 1.45. The molecule has 1 aliphatic heterocycles. The first-order valence-corrected chi connectivity index (χ1v) is 12.1. The summed E-state index contributed by atoms with van der Waals surface area (Å²) in [6.07, 6.45) is 4.47. The summed E-state index contributed by atoms with van der Waals surface area (Å²) in [6, 6.07) is 10.4. The normalized spacial score (nSPS) is 14.6. The van der Waals surface area contributed by atoms with Gasteiger partial charge in [-0.25, -0.2) is 18.4 Å². The van der Waals surface area contributed by atoms with Crippen molar-refractivity contribution in [2.45, 2.75) is 19.8 Å². The fraction of sp³-hybridized carbons (Fsp3) is 0.259. The molecule has 0 aliphatic carbocycles. The zero-order valence-electron chi connectivity index (χ0n) is 20.3. The second-order valence-corrected chi connectivity index (χ2v) is 9.49. The molecule has 0 spiro atoms. The SMILES string of the molecule is Cc1cccc2c(-c3c(F)cc(F)c4nn(C)cc34)nn(-c3ccc(N4CCC(C(=O)O)CC4)nc3)c12. The van der Waals surface area contributed by atoms with Gasteiger partial charge in [-0.2, -0.15) is 10.2 Å². The fourth-order valence-corrected chi connectivity index (χ4v) is 5.22. The van der Waals surface area contributed by atoms with E-state index in [0.717, 1.165) is 28.4 Å². The van der Waals surface area contributed by atoms with Crippen molar-refractivity contribution in [2.75, 3.05) is 18.0 Å². The molecular weight excluding hydrogens is 478 g/mol. The summed E-state index contributed by atoms with van der Waals surface area (Å²) in [7, 11) is 1.67. The number of nitrogens with zero attached hydrogens (tertiary/aromatic N) is 6. The molecule has 0 amide bonds. The fourth-order valence-electron chi connectivity index (χ4n) is 5.22. The number of halogens is 2. The van der Waals surface area contributed by atoms with Crippen LogP contribution in [0.5, 0.6) is 0 Å². The molecule has 1 fully saturated rings. The Morgan fingerprint density at radius 2 is 1.84 bits per heavy atom. The number of carbonyl (C=O) groups is 1. The molecule has 0 radical (unpaired) electrons. The van der Waals surface area contributed by atoms with Crippen LogP contribution in [0.3, 0.4) is 0 Å². The number of anilines is 1. The van der Waals surface area contributed by atoms with Crippen molar-refractivity contribution in [3.63, 3.8) is 0 Å². The highest BCUT2D eigenvalue weighted by Gasteiger charge is 2.26. The number of pyridine rings is 1. The number of aliphatic carboxylic acids is 1. The number of aromatic nitrogens is 5. The molecule has 0 atom stereocenters. The average Bonchev–Trinajstić information content (AvgIpc) is 3.46. The Morgan fingerprint density at radius 3 is 2.54 bits per heavy atom. The summed E-state index contributed by atoms with van der Waals surface area (Å²) in [4.78, 5) is 18.0. The molecule has 188 valence electrons.